The molecule has 0 saturated carbocycles. The zero-order valence-corrected chi connectivity index (χ0v) is 9.50. The molecule has 0 spiro atoms. The monoisotopic (exact) mass is 229 g/mol. The highest BCUT2D eigenvalue weighted by molar-refractivity contribution is 7.86. The Balaban J connectivity index is 3.00. The topological polar surface area (TPSA) is 63.3 Å². The maximum atomic E-state index is 11.5. The van der Waals surface area contributed by atoms with Crippen LogP contribution in [0.1, 0.15) is 11.1 Å². The van der Waals surface area contributed by atoms with Gasteiger partial charge in [-0.05, 0) is 37.1 Å². The highest BCUT2D eigenvalue weighted by Gasteiger charge is 2.15. The zero-order chi connectivity index (χ0) is 11.5. The van der Waals surface area contributed by atoms with E-state index in [4.69, 9.17) is 0 Å². The smallest absolute Gasteiger partial charge is 0.264 e. The van der Waals surface area contributed by atoms with Crippen molar-refractivity contribution < 1.29 is 17.7 Å². The molecule has 0 aliphatic carbocycles. The molecule has 0 aliphatic heterocycles. The van der Waals surface area contributed by atoms with Gasteiger partial charge in [0.15, 0.2) is 0 Å². The molecule has 1 rings (SSSR count). The van der Waals surface area contributed by atoms with Crippen LogP contribution in [-0.2, 0) is 19.4 Å². The number of benzene rings is 1. The number of hydrogen-bond donors (Lipinski definition) is 0. The van der Waals surface area contributed by atoms with E-state index in [1.807, 2.05) is 13.8 Å². The van der Waals surface area contributed by atoms with Gasteiger partial charge in [0, 0.05) is 0 Å². The summed E-state index contributed by atoms with van der Waals surface area (Å²) in [6, 6.07) is 4.72. The molecule has 0 fully saturated rings. The molecule has 83 valence electrons. The number of aryl methyl sites for hydroxylation is 2. The van der Waals surface area contributed by atoms with Gasteiger partial charge in [-0.2, -0.15) is 8.42 Å². The summed E-state index contributed by atoms with van der Waals surface area (Å²) in [4.78, 5) is 0.0963. The Kier molecular flexibility index (Phi) is 3.84. The van der Waals surface area contributed by atoms with Crippen LogP contribution in [0.25, 0.3) is 0 Å². The molecule has 15 heavy (non-hydrogen) atoms. The second kappa shape index (κ2) is 4.74. The van der Waals surface area contributed by atoms with E-state index in [1.54, 1.807) is 6.07 Å². The second-order valence-corrected chi connectivity index (χ2v) is 4.84. The Morgan fingerprint density at radius 3 is 2.40 bits per heavy atom. The molecule has 0 bridgehead atoms. The second-order valence-electron chi connectivity index (χ2n) is 3.23. The summed E-state index contributed by atoms with van der Waals surface area (Å²) >= 11 is 0. The third-order valence-electron chi connectivity index (χ3n) is 2.09. The maximum absolute atomic E-state index is 11.5. The summed E-state index contributed by atoms with van der Waals surface area (Å²) < 4.78 is 27.5. The van der Waals surface area contributed by atoms with Crippen molar-refractivity contribution in [3.63, 3.8) is 0 Å². The number of rotatable bonds is 4. The van der Waals surface area contributed by atoms with Crippen molar-refractivity contribution in [2.75, 3.05) is 13.2 Å². The molecule has 5 heteroatoms. The van der Waals surface area contributed by atoms with Gasteiger partial charge in [0.25, 0.3) is 10.1 Å². The third kappa shape index (κ3) is 3.02. The highest BCUT2D eigenvalue weighted by Crippen LogP contribution is 2.16. The van der Waals surface area contributed by atoms with Gasteiger partial charge < -0.3 is 0 Å². The molecule has 1 radical (unpaired) electrons. The largest absolute Gasteiger partial charge is 0.297 e. The van der Waals surface area contributed by atoms with E-state index >= 15 is 0 Å². The van der Waals surface area contributed by atoms with E-state index in [0.717, 1.165) is 11.1 Å². The first-order chi connectivity index (χ1) is 6.97. The van der Waals surface area contributed by atoms with Crippen LogP contribution in [-0.4, -0.2) is 21.6 Å². The van der Waals surface area contributed by atoms with Crippen LogP contribution >= 0.6 is 0 Å². The van der Waals surface area contributed by atoms with Crippen molar-refractivity contribution >= 4 is 10.1 Å². The van der Waals surface area contributed by atoms with Crippen LogP contribution in [0.3, 0.4) is 0 Å². The minimum Gasteiger partial charge on any atom is -0.264 e. The van der Waals surface area contributed by atoms with Gasteiger partial charge >= 0.3 is 0 Å². The molecule has 0 aromatic heterocycles. The first-order valence-corrected chi connectivity index (χ1v) is 5.93. The van der Waals surface area contributed by atoms with Gasteiger partial charge in [-0.3, -0.25) is 4.18 Å². The lowest BCUT2D eigenvalue weighted by Gasteiger charge is -2.06. The zero-order valence-electron chi connectivity index (χ0n) is 8.69. The molecule has 0 amide bonds. The summed E-state index contributed by atoms with van der Waals surface area (Å²) in [6.07, 6.45) is 0. The van der Waals surface area contributed by atoms with Gasteiger partial charge in [-0.1, -0.05) is 6.07 Å². The van der Waals surface area contributed by atoms with Crippen LogP contribution in [0.2, 0.25) is 0 Å². The molecular formula is C10H13O4S. The Morgan fingerprint density at radius 1 is 1.20 bits per heavy atom. The fourth-order valence-electron chi connectivity index (χ4n) is 1.08. The van der Waals surface area contributed by atoms with Crippen molar-refractivity contribution in [3.05, 3.63) is 29.3 Å². The fraction of sp³-hybridized carbons (Fsp3) is 0.400. The summed E-state index contributed by atoms with van der Waals surface area (Å²) in [5.74, 6) is 0. The van der Waals surface area contributed by atoms with Crippen molar-refractivity contribution in [3.8, 4) is 0 Å². The molecule has 0 unspecified atom stereocenters. The van der Waals surface area contributed by atoms with E-state index in [9.17, 15) is 13.5 Å². The van der Waals surface area contributed by atoms with Crippen LogP contribution in [0.5, 0.6) is 0 Å². The molecular weight excluding hydrogens is 216 g/mol. The van der Waals surface area contributed by atoms with Crippen LogP contribution in [0, 0.1) is 13.8 Å². The molecule has 1 aromatic carbocycles. The lowest BCUT2D eigenvalue weighted by molar-refractivity contribution is 0.141. The summed E-state index contributed by atoms with van der Waals surface area (Å²) in [7, 11) is -3.76. The van der Waals surface area contributed by atoms with Gasteiger partial charge in [0.05, 0.1) is 11.5 Å². The van der Waals surface area contributed by atoms with Gasteiger partial charge in [-0.25, -0.2) is 5.11 Å². The van der Waals surface area contributed by atoms with E-state index in [-0.39, 0.29) is 11.5 Å². The molecule has 1 aromatic rings. The summed E-state index contributed by atoms with van der Waals surface area (Å²) in [6.45, 7) is 2.82. The maximum Gasteiger partial charge on any atom is 0.297 e. The molecule has 0 N–H and O–H groups in total. The van der Waals surface area contributed by atoms with Crippen molar-refractivity contribution in [1.29, 1.82) is 0 Å². The first-order valence-electron chi connectivity index (χ1n) is 4.52. The summed E-state index contributed by atoms with van der Waals surface area (Å²) in [5, 5.41) is 10.1. The minimum atomic E-state index is -3.76. The lowest BCUT2D eigenvalue weighted by atomic mass is 10.1. The Bertz CT molecular complexity index is 437. The van der Waals surface area contributed by atoms with Crippen LogP contribution < -0.4 is 0 Å². The Morgan fingerprint density at radius 2 is 1.87 bits per heavy atom. The molecule has 0 atom stereocenters. The normalized spacial score (nSPS) is 11.7. The molecule has 0 aliphatic rings. The van der Waals surface area contributed by atoms with E-state index in [0.29, 0.717) is 0 Å². The fourth-order valence-corrected chi connectivity index (χ4v) is 2.06. The highest BCUT2D eigenvalue weighted by atomic mass is 32.2. The Hall–Kier alpha value is -0.910. The molecule has 0 saturated heterocycles. The van der Waals surface area contributed by atoms with Crippen molar-refractivity contribution in [1.82, 2.24) is 0 Å². The lowest BCUT2D eigenvalue weighted by Crippen LogP contribution is -2.09. The van der Waals surface area contributed by atoms with Gasteiger partial charge in [0.1, 0.15) is 6.61 Å². The van der Waals surface area contributed by atoms with E-state index < -0.39 is 16.7 Å². The quantitative estimate of drug-likeness (QED) is 0.734. The Labute approximate surface area is 89.6 Å². The van der Waals surface area contributed by atoms with E-state index in [1.165, 1.54) is 12.1 Å². The van der Waals surface area contributed by atoms with Gasteiger partial charge in [-0.15, -0.1) is 0 Å². The minimum absolute atomic E-state index is 0.0963. The molecule has 0 heterocycles. The van der Waals surface area contributed by atoms with Crippen molar-refractivity contribution in [2.45, 2.75) is 18.7 Å². The number of hydrogen-bond acceptors (Lipinski definition) is 3. The standard InChI is InChI=1S/C10H13O4S/c1-8-3-4-10(7-9(8)2)15(12,13)14-6-5-11/h3-4,7H,5-6H2,1-2H3. The van der Waals surface area contributed by atoms with Crippen LogP contribution in [0.15, 0.2) is 23.1 Å². The van der Waals surface area contributed by atoms with Crippen LogP contribution in [0.4, 0.5) is 0 Å². The first kappa shape index (κ1) is 12.2. The third-order valence-corrected chi connectivity index (χ3v) is 3.40. The predicted octanol–water partition coefficient (Wildman–Crippen LogP) is 1.44. The molecule has 4 nitrogen and oxygen atoms in total. The average molecular weight is 229 g/mol. The summed E-state index contributed by atoms with van der Waals surface area (Å²) in [5.41, 5.74) is 1.89. The SMILES string of the molecule is Cc1ccc(S(=O)(=O)OCC[O])cc1C. The van der Waals surface area contributed by atoms with Crippen molar-refractivity contribution in [2.24, 2.45) is 0 Å². The predicted molar refractivity (Wildman–Crippen MR) is 54.6 cm³/mol. The van der Waals surface area contributed by atoms with E-state index in [2.05, 4.69) is 4.18 Å². The average Bonchev–Trinajstić information content (AvgIpc) is 2.19. The van der Waals surface area contributed by atoms with Gasteiger partial charge in [0.2, 0.25) is 0 Å².